The second-order valence-corrected chi connectivity index (χ2v) is 1.47. The fourth-order valence-corrected chi connectivity index (χ4v) is 0.224. The Labute approximate surface area is 65.8 Å². The van der Waals surface area contributed by atoms with E-state index in [1.807, 2.05) is 0 Å². The van der Waals surface area contributed by atoms with Gasteiger partial charge >= 0.3 is 19.5 Å². The van der Waals surface area contributed by atoms with Gasteiger partial charge < -0.3 is 15.6 Å². The van der Waals surface area contributed by atoms with Crippen molar-refractivity contribution in [2.75, 3.05) is 5.75 Å². The van der Waals surface area contributed by atoms with Crippen molar-refractivity contribution in [2.45, 2.75) is 6.04 Å². The summed E-state index contributed by atoms with van der Waals surface area (Å²) in [5.41, 5.74) is 4.88. The summed E-state index contributed by atoms with van der Waals surface area (Å²) in [4.78, 5) is 9.65. The Kier molecular flexibility index (Phi) is 7.78. The minimum absolute atomic E-state index is 0. The zero-order valence-corrected chi connectivity index (χ0v) is 8.19. The van der Waals surface area contributed by atoms with E-state index in [1.54, 1.807) is 0 Å². The quantitative estimate of drug-likeness (QED) is 0.386. The fourth-order valence-electron chi connectivity index (χ4n) is 0.0745. The van der Waals surface area contributed by atoms with Gasteiger partial charge in [0.2, 0.25) is 0 Å². The predicted octanol–water partition coefficient (Wildman–Crippen LogP) is -2.01. The third-order valence-electron chi connectivity index (χ3n) is 0.499. The number of hydrogen-bond acceptors (Lipinski definition) is 4. The summed E-state index contributed by atoms with van der Waals surface area (Å²) in [6.45, 7) is 0. The molecule has 0 aliphatic carbocycles. The second kappa shape index (κ2) is 5.54. The van der Waals surface area contributed by atoms with E-state index in [2.05, 4.69) is 12.6 Å². The van der Waals surface area contributed by atoms with Crippen molar-refractivity contribution >= 4 is 18.6 Å². The van der Waals surface area contributed by atoms with Crippen LogP contribution in [-0.4, -0.2) is 17.8 Å². The molecule has 0 saturated heterocycles. The molecule has 5 heteroatoms. The van der Waals surface area contributed by atoms with Gasteiger partial charge in [-0.3, -0.25) is 0 Å². The summed E-state index contributed by atoms with van der Waals surface area (Å²) in [7, 11) is 0. The Hall–Kier alpha value is 0.403. The topological polar surface area (TPSA) is 66.2 Å². The van der Waals surface area contributed by atoms with Gasteiger partial charge in [0.15, 0.2) is 0 Å². The third-order valence-corrected chi connectivity index (χ3v) is 0.893. The van der Waals surface area contributed by atoms with E-state index >= 15 is 0 Å². The Balaban J connectivity index is 0. The molecule has 0 aromatic heterocycles. The largest absolute Gasteiger partial charge is 1.00 e. The molecule has 0 rings (SSSR count). The van der Waals surface area contributed by atoms with Gasteiger partial charge in [-0.05, 0) is 0 Å². The molecule has 0 unspecified atom stereocenters. The molecule has 0 aromatic rings. The normalized spacial score (nSPS) is 11.8. The number of hydrogen-bond donors (Lipinski definition) is 2. The SMILES string of the molecule is N[C@@H](CS)C(=O)[O-].[Zn+]. The van der Waals surface area contributed by atoms with Crippen LogP contribution >= 0.6 is 12.6 Å². The molecule has 0 amide bonds. The minimum atomic E-state index is -1.25. The predicted molar refractivity (Wildman–Crippen MR) is 26.8 cm³/mol. The number of thiol groups is 1. The van der Waals surface area contributed by atoms with Crippen LogP contribution in [0, 0.1) is 0 Å². The van der Waals surface area contributed by atoms with Gasteiger partial charge in [-0.1, -0.05) is 0 Å². The van der Waals surface area contributed by atoms with Crippen LogP contribution in [0.4, 0.5) is 0 Å². The minimum Gasteiger partial charge on any atom is -0.548 e. The molecule has 3 nitrogen and oxygen atoms in total. The van der Waals surface area contributed by atoms with Crippen LogP contribution < -0.4 is 10.8 Å². The molecular weight excluding hydrogens is 179 g/mol. The summed E-state index contributed by atoms with van der Waals surface area (Å²) in [5, 5.41) is 9.65. The van der Waals surface area contributed by atoms with E-state index in [0.29, 0.717) is 0 Å². The van der Waals surface area contributed by atoms with Crippen molar-refractivity contribution in [3.8, 4) is 0 Å². The average molecular weight is 186 g/mol. The maximum Gasteiger partial charge on any atom is 1.00 e. The van der Waals surface area contributed by atoms with Crippen LogP contribution in [0.1, 0.15) is 0 Å². The van der Waals surface area contributed by atoms with E-state index < -0.39 is 12.0 Å². The van der Waals surface area contributed by atoms with E-state index in [-0.39, 0.29) is 25.2 Å². The molecule has 0 aliphatic heterocycles. The van der Waals surface area contributed by atoms with Crippen molar-refractivity contribution in [2.24, 2.45) is 5.73 Å². The summed E-state index contributed by atoms with van der Waals surface area (Å²) in [5.74, 6) is -1.13. The van der Waals surface area contributed by atoms with Gasteiger partial charge in [0.25, 0.3) is 0 Å². The first-order valence-electron chi connectivity index (χ1n) is 1.75. The van der Waals surface area contributed by atoms with Crippen LogP contribution in [0.25, 0.3) is 0 Å². The molecule has 0 heterocycles. The number of carboxylic acids is 1. The number of nitrogens with two attached hydrogens (primary N) is 1. The van der Waals surface area contributed by atoms with Gasteiger partial charge in [0, 0.05) is 5.75 Å². The standard InChI is InChI=1S/C3H7NO2S.Zn/c4-2(1-7)3(5)6;/h2,7H,1,4H2,(H,5,6);/q;+1/p-1/t2-;/m0./s1. The number of rotatable bonds is 2. The third kappa shape index (κ3) is 4.56. The number of carbonyl (C=O) groups is 1. The monoisotopic (exact) mass is 184 g/mol. The molecule has 43 valence electrons. The van der Waals surface area contributed by atoms with Gasteiger partial charge in [0.05, 0.1) is 12.0 Å². The van der Waals surface area contributed by atoms with Crippen LogP contribution in [0.3, 0.4) is 0 Å². The van der Waals surface area contributed by atoms with E-state index in [4.69, 9.17) is 5.73 Å². The smallest absolute Gasteiger partial charge is 0.548 e. The fraction of sp³-hybridized carbons (Fsp3) is 0.667. The molecular formula is C3H6NO2SZn. The Morgan fingerprint density at radius 2 is 2.25 bits per heavy atom. The number of carboxylic acid groups (broad SMARTS) is 1. The zero-order valence-electron chi connectivity index (χ0n) is 4.33. The maximum atomic E-state index is 9.65. The molecule has 0 spiro atoms. The van der Waals surface area contributed by atoms with E-state index in [1.165, 1.54) is 0 Å². The molecule has 0 aromatic carbocycles. The Morgan fingerprint density at radius 1 is 1.88 bits per heavy atom. The van der Waals surface area contributed by atoms with E-state index in [9.17, 15) is 9.90 Å². The molecule has 0 aliphatic rings. The second-order valence-electron chi connectivity index (χ2n) is 1.11. The molecule has 0 saturated carbocycles. The number of aliphatic carboxylic acids is 1. The molecule has 2 N–H and O–H groups in total. The summed E-state index contributed by atoms with van der Waals surface area (Å²) in [6.07, 6.45) is 0. The average Bonchev–Trinajstić information content (AvgIpc) is 1.65. The van der Waals surface area contributed by atoms with Gasteiger partial charge in [-0.25, -0.2) is 0 Å². The summed E-state index contributed by atoms with van der Waals surface area (Å²) < 4.78 is 0. The van der Waals surface area contributed by atoms with Crippen LogP contribution in [-0.2, 0) is 24.3 Å². The first-order chi connectivity index (χ1) is 3.18. The van der Waals surface area contributed by atoms with E-state index in [0.717, 1.165) is 0 Å². The maximum absolute atomic E-state index is 9.65. The van der Waals surface area contributed by atoms with Gasteiger partial charge in [-0.15, -0.1) is 0 Å². The summed E-state index contributed by atoms with van der Waals surface area (Å²) >= 11 is 3.61. The van der Waals surface area contributed by atoms with Crippen molar-refractivity contribution in [1.82, 2.24) is 0 Å². The van der Waals surface area contributed by atoms with Crippen molar-refractivity contribution in [3.05, 3.63) is 0 Å². The summed E-state index contributed by atoms with van der Waals surface area (Å²) in [6, 6.07) is -0.927. The van der Waals surface area contributed by atoms with Crippen LogP contribution in [0.15, 0.2) is 0 Å². The van der Waals surface area contributed by atoms with Crippen molar-refractivity contribution in [1.29, 1.82) is 0 Å². The van der Waals surface area contributed by atoms with Crippen LogP contribution in [0.5, 0.6) is 0 Å². The molecule has 1 atom stereocenters. The molecule has 1 radical (unpaired) electrons. The van der Waals surface area contributed by atoms with Crippen LogP contribution in [0.2, 0.25) is 0 Å². The number of carbonyl (C=O) groups excluding carboxylic acids is 1. The molecule has 0 bridgehead atoms. The zero-order chi connectivity index (χ0) is 5.86. The molecule has 0 fully saturated rings. The first-order valence-corrected chi connectivity index (χ1v) is 2.39. The van der Waals surface area contributed by atoms with Gasteiger partial charge in [0.1, 0.15) is 0 Å². The van der Waals surface area contributed by atoms with Crippen molar-refractivity contribution in [3.63, 3.8) is 0 Å². The van der Waals surface area contributed by atoms with Crippen molar-refractivity contribution < 1.29 is 29.4 Å². The Morgan fingerprint density at radius 3 is 2.25 bits per heavy atom. The molecule has 8 heavy (non-hydrogen) atoms. The first kappa shape index (κ1) is 11.2. The Bertz CT molecular complexity index is 79.7. The van der Waals surface area contributed by atoms with Gasteiger partial charge in [-0.2, -0.15) is 12.6 Å².